The van der Waals surface area contributed by atoms with E-state index in [0.29, 0.717) is 17.7 Å². The third-order valence-electron chi connectivity index (χ3n) is 2.77. The van der Waals surface area contributed by atoms with E-state index in [1.54, 1.807) is 4.90 Å². The summed E-state index contributed by atoms with van der Waals surface area (Å²) in [6, 6.07) is -0.729. The van der Waals surface area contributed by atoms with Crippen molar-refractivity contribution in [1.82, 2.24) is 15.0 Å². The molecule has 0 bridgehead atoms. The van der Waals surface area contributed by atoms with Gasteiger partial charge in [0.15, 0.2) is 0 Å². The highest BCUT2D eigenvalue weighted by molar-refractivity contribution is 5.76. The zero-order valence-electron chi connectivity index (χ0n) is 12.9. The van der Waals surface area contributed by atoms with Gasteiger partial charge in [-0.1, -0.05) is 27.7 Å². The number of aromatic nitrogens is 3. The molecule has 1 aromatic rings. The van der Waals surface area contributed by atoms with Gasteiger partial charge in [0.2, 0.25) is 11.9 Å². The normalized spacial score (nSPS) is 12.6. The van der Waals surface area contributed by atoms with Crippen molar-refractivity contribution < 1.29 is 9.90 Å². The highest BCUT2D eigenvalue weighted by Crippen LogP contribution is 2.16. The van der Waals surface area contributed by atoms with Gasteiger partial charge in [0, 0.05) is 20.0 Å². The molecule has 1 aromatic heterocycles. The maximum absolute atomic E-state index is 11.2. The Labute approximate surface area is 119 Å². The summed E-state index contributed by atoms with van der Waals surface area (Å²) in [5, 5.41) is 12.1. The minimum absolute atomic E-state index is 0.0745. The summed E-state index contributed by atoms with van der Waals surface area (Å²) in [5.41, 5.74) is 0. The van der Waals surface area contributed by atoms with E-state index in [0.717, 1.165) is 0 Å². The molecule has 20 heavy (non-hydrogen) atoms. The van der Waals surface area contributed by atoms with Gasteiger partial charge in [-0.3, -0.25) is 0 Å². The van der Waals surface area contributed by atoms with E-state index in [2.05, 4.69) is 20.3 Å². The van der Waals surface area contributed by atoms with Crippen LogP contribution < -0.4 is 10.2 Å². The van der Waals surface area contributed by atoms with Gasteiger partial charge in [0.25, 0.3) is 0 Å². The highest BCUT2D eigenvalue weighted by Gasteiger charge is 2.23. The van der Waals surface area contributed by atoms with Crippen LogP contribution in [-0.2, 0) is 4.79 Å². The predicted molar refractivity (Wildman–Crippen MR) is 78.1 cm³/mol. The average molecular weight is 281 g/mol. The predicted octanol–water partition coefficient (Wildman–Crippen LogP) is 1.58. The molecule has 2 N–H and O–H groups in total. The zero-order chi connectivity index (χ0) is 15.4. The molecular weight excluding hydrogens is 258 g/mol. The number of rotatable bonds is 6. The van der Waals surface area contributed by atoms with E-state index in [1.165, 1.54) is 0 Å². The summed E-state index contributed by atoms with van der Waals surface area (Å²) in [6.45, 7) is 7.64. The number of nitrogens with one attached hydrogen (secondary N) is 1. The largest absolute Gasteiger partial charge is 0.480 e. The summed E-state index contributed by atoms with van der Waals surface area (Å²) in [6.07, 6.45) is 0. The second kappa shape index (κ2) is 6.49. The topological polar surface area (TPSA) is 91.2 Å². The van der Waals surface area contributed by atoms with Crippen molar-refractivity contribution in [3.63, 3.8) is 0 Å². The van der Waals surface area contributed by atoms with E-state index in [4.69, 9.17) is 0 Å². The Kier molecular flexibility index (Phi) is 5.24. The summed E-state index contributed by atoms with van der Waals surface area (Å²) in [4.78, 5) is 25.9. The summed E-state index contributed by atoms with van der Waals surface area (Å²) >= 11 is 0. The van der Waals surface area contributed by atoms with Crippen LogP contribution in [-0.4, -0.2) is 46.2 Å². The van der Waals surface area contributed by atoms with Crippen molar-refractivity contribution in [1.29, 1.82) is 0 Å². The van der Waals surface area contributed by atoms with Gasteiger partial charge >= 0.3 is 5.97 Å². The van der Waals surface area contributed by atoms with Crippen molar-refractivity contribution in [3.8, 4) is 0 Å². The molecule has 0 aliphatic carbocycles. The number of carboxylic acid groups (broad SMARTS) is 1. The highest BCUT2D eigenvalue weighted by atomic mass is 16.4. The fourth-order valence-corrected chi connectivity index (χ4v) is 1.56. The molecule has 7 nitrogen and oxygen atoms in total. The third-order valence-corrected chi connectivity index (χ3v) is 2.77. The molecule has 1 atom stereocenters. The van der Waals surface area contributed by atoms with Gasteiger partial charge in [-0.05, 0) is 5.92 Å². The van der Waals surface area contributed by atoms with E-state index < -0.39 is 12.0 Å². The molecular formula is C13H23N5O2. The van der Waals surface area contributed by atoms with Crippen molar-refractivity contribution in [3.05, 3.63) is 5.82 Å². The lowest BCUT2D eigenvalue weighted by molar-refractivity contribution is -0.138. The number of carbonyl (C=O) groups is 1. The van der Waals surface area contributed by atoms with Crippen LogP contribution in [0.25, 0.3) is 0 Å². The number of anilines is 2. The molecule has 0 saturated carbocycles. The Morgan fingerprint density at radius 2 is 1.75 bits per heavy atom. The number of aliphatic carboxylic acids is 1. The third kappa shape index (κ3) is 4.04. The van der Waals surface area contributed by atoms with Crippen molar-refractivity contribution >= 4 is 17.9 Å². The lowest BCUT2D eigenvalue weighted by Crippen LogP contribution is -2.35. The van der Waals surface area contributed by atoms with Crippen molar-refractivity contribution in [2.24, 2.45) is 5.92 Å². The fraction of sp³-hybridized carbons (Fsp3) is 0.692. The zero-order valence-corrected chi connectivity index (χ0v) is 12.9. The molecule has 0 spiro atoms. The van der Waals surface area contributed by atoms with Crippen LogP contribution in [0.2, 0.25) is 0 Å². The van der Waals surface area contributed by atoms with Gasteiger partial charge in [-0.15, -0.1) is 0 Å². The smallest absolute Gasteiger partial charge is 0.326 e. The molecule has 7 heteroatoms. The molecule has 0 radical (unpaired) electrons. The van der Waals surface area contributed by atoms with Crippen LogP contribution in [0.4, 0.5) is 11.9 Å². The van der Waals surface area contributed by atoms with Gasteiger partial charge in [-0.25, -0.2) is 4.79 Å². The molecule has 0 aliphatic heterocycles. The Balaban J connectivity index is 3.13. The molecule has 1 heterocycles. The van der Waals surface area contributed by atoms with Crippen LogP contribution in [0.5, 0.6) is 0 Å². The minimum atomic E-state index is -0.919. The molecule has 0 fully saturated rings. The van der Waals surface area contributed by atoms with E-state index in [9.17, 15) is 9.90 Å². The van der Waals surface area contributed by atoms with Crippen LogP contribution in [0.1, 0.15) is 39.4 Å². The van der Waals surface area contributed by atoms with Gasteiger partial charge < -0.3 is 15.3 Å². The second-order valence-corrected chi connectivity index (χ2v) is 5.57. The van der Waals surface area contributed by atoms with Crippen LogP contribution >= 0.6 is 0 Å². The summed E-state index contributed by atoms with van der Waals surface area (Å²) in [5.74, 6) is 0.596. The molecule has 0 saturated heterocycles. The SMILES string of the molecule is CC(C)c1nc(N[C@H](C(=O)O)C(C)C)nc(N(C)C)n1. The molecule has 0 aromatic carbocycles. The van der Waals surface area contributed by atoms with Crippen molar-refractivity contribution in [2.45, 2.75) is 39.7 Å². The molecule has 1 rings (SSSR count). The van der Waals surface area contributed by atoms with E-state index >= 15 is 0 Å². The van der Waals surface area contributed by atoms with Crippen molar-refractivity contribution in [2.75, 3.05) is 24.3 Å². The van der Waals surface area contributed by atoms with Gasteiger partial charge in [-0.2, -0.15) is 15.0 Å². The summed E-state index contributed by atoms with van der Waals surface area (Å²) < 4.78 is 0. The van der Waals surface area contributed by atoms with Gasteiger partial charge in [0.05, 0.1) is 0 Å². The molecule has 0 amide bonds. The molecule has 0 aliphatic rings. The number of hydrogen-bond donors (Lipinski definition) is 2. The maximum atomic E-state index is 11.2. The number of carboxylic acids is 1. The van der Waals surface area contributed by atoms with Crippen LogP contribution in [0.15, 0.2) is 0 Å². The van der Waals surface area contributed by atoms with Crippen LogP contribution in [0.3, 0.4) is 0 Å². The second-order valence-electron chi connectivity index (χ2n) is 5.57. The molecule has 0 unspecified atom stereocenters. The fourth-order valence-electron chi connectivity index (χ4n) is 1.56. The monoisotopic (exact) mass is 281 g/mol. The first-order chi connectivity index (χ1) is 9.22. The van der Waals surface area contributed by atoms with E-state index in [1.807, 2.05) is 41.8 Å². The number of nitrogens with zero attached hydrogens (tertiary/aromatic N) is 4. The number of hydrogen-bond acceptors (Lipinski definition) is 6. The average Bonchev–Trinajstić information content (AvgIpc) is 2.34. The maximum Gasteiger partial charge on any atom is 0.326 e. The Morgan fingerprint density at radius 1 is 1.15 bits per heavy atom. The van der Waals surface area contributed by atoms with E-state index in [-0.39, 0.29) is 11.8 Å². The Morgan fingerprint density at radius 3 is 2.15 bits per heavy atom. The molecule has 112 valence electrons. The lowest BCUT2D eigenvalue weighted by atomic mass is 10.1. The lowest BCUT2D eigenvalue weighted by Gasteiger charge is -2.20. The first-order valence-corrected chi connectivity index (χ1v) is 6.65. The standard InChI is InChI=1S/C13H23N5O2/c1-7(2)9(11(19)20)14-12-15-10(8(3)4)16-13(17-12)18(5)6/h7-9H,1-6H3,(H,19,20)(H,14,15,16,17)/t9-/m0/s1. The first kappa shape index (κ1) is 16.1. The first-order valence-electron chi connectivity index (χ1n) is 6.65. The Bertz CT molecular complexity index is 448. The Hall–Kier alpha value is -1.92. The minimum Gasteiger partial charge on any atom is -0.480 e. The quantitative estimate of drug-likeness (QED) is 0.818. The van der Waals surface area contributed by atoms with Crippen LogP contribution in [0, 0.1) is 5.92 Å². The summed E-state index contributed by atoms with van der Waals surface area (Å²) in [7, 11) is 3.67. The van der Waals surface area contributed by atoms with Gasteiger partial charge in [0.1, 0.15) is 11.9 Å².